The Balaban J connectivity index is -0.000000705. The zero-order valence-electron chi connectivity index (χ0n) is 27.7. The molecule has 0 heterocycles. The van der Waals surface area contributed by atoms with E-state index in [0.717, 1.165) is 32.1 Å². The molecule has 0 saturated heterocycles. The van der Waals surface area contributed by atoms with Gasteiger partial charge in [-0.1, -0.05) is 70.4 Å². The van der Waals surface area contributed by atoms with Crippen LogP contribution >= 0.6 is 0 Å². The molecule has 0 rings (SSSR count). The van der Waals surface area contributed by atoms with Crippen LogP contribution in [0.2, 0.25) is 0 Å². The maximum Gasteiger partial charge on any atom is 0.116 e. The van der Waals surface area contributed by atoms with Gasteiger partial charge >= 0.3 is 0 Å². The van der Waals surface area contributed by atoms with Crippen molar-refractivity contribution in [2.24, 2.45) is 51.1 Å². The van der Waals surface area contributed by atoms with Crippen LogP contribution in [0.5, 0.6) is 0 Å². The second-order valence-electron chi connectivity index (χ2n) is 9.52. The van der Waals surface area contributed by atoms with E-state index in [1.165, 1.54) is 0 Å². The number of azide groups is 8. The number of rotatable bonds is 28. The van der Waals surface area contributed by atoms with E-state index in [1.54, 1.807) is 0 Å². The van der Waals surface area contributed by atoms with Crippen molar-refractivity contribution < 1.29 is 0 Å². The van der Waals surface area contributed by atoms with Crippen LogP contribution in [-0.2, 0) is 0 Å². The van der Waals surface area contributed by atoms with Crippen LogP contribution in [0, 0.1) is 0 Å². The van der Waals surface area contributed by atoms with Gasteiger partial charge in [0.15, 0.2) is 0 Å². The van der Waals surface area contributed by atoms with Gasteiger partial charge in [0.2, 0.25) is 0 Å². The molecule has 30 heteroatoms. The third kappa shape index (κ3) is 39.2. The topological polar surface area (TPSA) is 488 Å². The van der Waals surface area contributed by atoms with Crippen LogP contribution in [0.15, 0.2) is 51.1 Å². The van der Waals surface area contributed by atoms with Gasteiger partial charge in [-0.05, 0) is 120 Å². The minimum atomic E-state index is -0.920. The van der Waals surface area contributed by atoms with Gasteiger partial charge in [0.1, 0.15) is 12.3 Å². The van der Waals surface area contributed by atoms with Crippen LogP contribution in [0.1, 0.15) is 83.5 Å². The Morgan fingerprint density at radius 1 is 0.275 bits per heavy atom. The number of hydrogen-bond acceptors (Lipinski definition) is 10. The Morgan fingerprint density at radius 2 is 0.549 bits per heavy atom. The lowest BCUT2D eigenvalue weighted by molar-refractivity contribution is 0.467. The van der Waals surface area contributed by atoms with Gasteiger partial charge in [0.05, 0.1) is 0 Å². The fourth-order valence-electron chi connectivity index (χ4n) is 3.73. The van der Waals surface area contributed by atoms with Crippen molar-refractivity contribution >= 4 is 0 Å². The SMILES string of the molecule is [N-]=[N+]=NC(CCC(N=[N+]=[N-])N=[N+]=[N-])CCC(N=[N+]=[N-])N=[N+]=[N-].[N-]=[N+]=NCCCC(CCCN=[N+]=[N-])N=[N+]=[N-].[N-]=[N+]=NCCCCCCCN=[N+]=[N-]. The average molecular weight is 711 g/mol. The molecule has 51 heavy (non-hydrogen) atoms. The largest absolute Gasteiger partial charge is 0.116 e. The Labute approximate surface area is 289 Å². The quantitative estimate of drug-likeness (QED) is 0.0316. The Morgan fingerprint density at radius 3 is 0.843 bits per heavy atom. The highest BCUT2D eigenvalue weighted by Gasteiger charge is 2.13. The number of hydrogen-bond donors (Lipinski definition) is 0. The predicted octanol–water partition coefficient (Wildman–Crippen LogP) is 12.5. The maximum atomic E-state index is 8.51. The molecular weight excluding hydrogens is 672 g/mol. The molecule has 0 fully saturated rings. The highest BCUT2D eigenvalue weighted by molar-refractivity contribution is 4.76. The highest BCUT2D eigenvalue weighted by Crippen LogP contribution is 2.17. The van der Waals surface area contributed by atoms with E-state index in [1.807, 2.05) is 0 Å². The third-order valence-electron chi connectivity index (χ3n) is 6.05. The van der Waals surface area contributed by atoms with Gasteiger partial charge in [0, 0.05) is 87.4 Å². The maximum absolute atomic E-state index is 8.51. The lowest BCUT2D eigenvalue weighted by atomic mass is 10.0. The van der Waals surface area contributed by atoms with Gasteiger partial charge < -0.3 is 0 Å². The summed E-state index contributed by atoms with van der Waals surface area (Å²) >= 11 is 0. The molecule has 0 unspecified atom stereocenters. The molecule has 0 atom stereocenters. The van der Waals surface area contributed by atoms with Crippen molar-refractivity contribution in [1.29, 1.82) is 0 Å². The predicted molar refractivity (Wildman–Crippen MR) is 186 cm³/mol. The number of nitrogens with zero attached hydrogens (tertiary/aromatic N) is 30. The van der Waals surface area contributed by atoms with Crippen LogP contribution in [-0.4, -0.2) is 50.6 Å². The van der Waals surface area contributed by atoms with Crippen molar-refractivity contribution in [3.05, 3.63) is 104 Å². The van der Waals surface area contributed by atoms with Gasteiger partial charge in [-0.3, -0.25) is 0 Å². The second-order valence-corrected chi connectivity index (χ2v) is 9.52. The van der Waals surface area contributed by atoms with Crippen molar-refractivity contribution in [2.75, 3.05) is 26.2 Å². The molecule has 0 spiro atoms. The number of unbranched alkanes of at least 4 members (excludes halogenated alkanes) is 4. The summed E-state index contributed by atoms with van der Waals surface area (Å²) in [6.07, 6.45) is 7.01. The van der Waals surface area contributed by atoms with Crippen molar-refractivity contribution in [2.45, 2.75) is 108 Å². The molecule has 0 saturated carbocycles. The Hall–Kier alpha value is -6.90. The molecule has 0 aromatic rings. The first-order valence-corrected chi connectivity index (χ1v) is 15.3. The first kappa shape index (κ1) is 48.5. The van der Waals surface area contributed by atoms with E-state index < -0.39 is 18.4 Å². The molecule has 0 radical (unpaired) electrons. The van der Waals surface area contributed by atoms with E-state index in [-0.39, 0.29) is 31.7 Å². The summed E-state index contributed by atoms with van der Waals surface area (Å²) in [5, 5.41) is 34.0. The van der Waals surface area contributed by atoms with Gasteiger partial charge in [-0.2, -0.15) is 0 Å². The zero-order valence-corrected chi connectivity index (χ0v) is 27.7. The molecular formula is C21H38N30. The van der Waals surface area contributed by atoms with E-state index in [0.29, 0.717) is 51.9 Å². The fourth-order valence-corrected chi connectivity index (χ4v) is 3.73. The first-order valence-electron chi connectivity index (χ1n) is 15.3. The molecule has 0 N–H and O–H groups in total. The molecule has 0 aliphatic carbocycles. The molecule has 0 aromatic heterocycles. The van der Waals surface area contributed by atoms with Crippen molar-refractivity contribution in [1.82, 2.24) is 0 Å². The van der Waals surface area contributed by atoms with Crippen LogP contribution in [0.3, 0.4) is 0 Å². The summed E-state index contributed by atoms with van der Waals surface area (Å²) in [4.78, 5) is 26.2. The van der Waals surface area contributed by atoms with E-state index in [4.69, 9.17) is 55.3 Å². The minimum Gasteiger partial charge on any atom is -0.0940 e. The van der Waals surface area contributed by atoms with E-state index in [9.17, 15) is 0 Å². The fraction of sp³-hybridized carbons (Fsp3) is 1.00. The molecule has 272 valence electrons. The van der Waals surface area contributed by atoms with Crippen LogP contribution < -0.4 is 0 Å². The standard InChI is InChI=1S/C7H11N15.C7H13N9.C7H14N6/c8-18-13-5(1-3-6(14-19-9)15-20-10)2-4-7(16-21-11)17-22-12;8-14-11-5-1-3-7(13-16-10)4-2-6-12-15-9;8-12-10-6-4-2-1-3-5-7-11-13-9/h5-7H,1-4H2;7H,1-6H2;1-7H2. The molecule has 0 aromatic carbocycles. The van der Waals surface area contributed by atoms with Crippen LogP contribution in [0.25, 0.3) is 104 Å². The van der Waals surface area contributed by atoms with Crippen molar-refractivity contribution in [3.8, 4) is 0 Å². The summed E-state index contributed by atoms with van der Waals surface area (Å²) in [6.45, 7) is 1.99. The minimum absolute atomic E-state index is 0.118. The average Bonchev–Trinajstić information content (AvgIpc) is 3.13. The second kappa shape index (κ2) is 43.1. The Kier molecular flexibility index (Phi) is 41.0. The third-order valence-corrected chi connectivity index (χ3v) is 6.05. The van der Waals surface area contributed by atoms with E-state index in [2.05, 4.69) is 100 Å². The monoisotopic (exact) mass is 710 g/mol. The van der Waals surface area contributed by atoms with E-state index >= 15 is 0 Å². The molecule has 30 nitrogen and oxygen atoms in total. The van der Waals surface area contributed by atoms with Gasteiger partial charge in [-0.15, -0.1) is 0 Å². The lowest BCUT2D eigenvalue weighted by Crippen LogP contribution is -2.11. The summed E-state index contributed by atoms with van der Waals surface area (Å²) in [6, 6.07) is -0.631. The van der Waals surface area contributed by atoms with Crippen molar-refractivity contribution in [3.63, 3.8) is 0 Å². The molecule has 0 amide bonds. The normalized spacial score (nSPS) is 11.0. The molecule has 0 aliphatic rings. The summed E-state index contributed by atoms with van der Waals surface area (Å²) in [5.41, 5.74) is 82.2. The summed E-state index contributed by atoms with van der Waals surface area (Å²) < 4.78 is 0. The van der Waals surface area contributed by atoms with Gasteiger partial charge in [0.25, 0.3) is 0 Å². The van der Waals surface area contributed by atoms with Crippen LogP contribution in [0.4, 0.5) is 0 Å². The molecule has 0 bridgehead atoms. The highest BCUT2D eigenvalue weighted by atomic mass is 15.3. The smallest absolute Gasteiger partial charge is 0.0940 e. The summed E-state index contributed by atoms with van der Waals surface area (Å²) in [5.74, 6) is 0. The molecule has 0 aliphatic heterocycles. The zero-order chi connectivity index (χ0) is 38.5. The first-order chi connectivity index (χ1) is 25.0. The Bertz CT molecular complexity index is 1300. The van der Waals surface area contributed by atoms with Gasteiger partial charge in [-0.25, -0.2) is 0 Å². The summed E-state index contributed by atoms with van der Waals surface area (Å²) in [7, 11) is 0. The lowest BCUT2D eigenvalue weighted by Gasteiger charge is -2.13.